The van der Waals surface area contributed by atoms with Crippen LogP contribution in [0.5, 0.6) is 5.75 Å². The SMILES string of the molecule is COc1ccc(C(=O)C2c3c(n(C)c(=O)n(C)c3=O)Nc3c2c2ccccc2n3C)cc1. The molecule has 2 aromatic carbocycles. The summed E-state index contributed by atoms with van der Waals surface area (Å²) in [4.78, 5) is 39.9. The quantitative estimate of drug-likeness (QED) is 0.505. The second-order valence-electron chi connectivity index (χ2n) is 7.96. The molecule has 1 aliphatic heterocycles. The number of carbonyl (C=O) groups is 1. The Morgan fingerprint density at radius 1 is 0.875 bits per heavy atom. The topological polar surface area (TPSA) is 87.3 Å². The average Bonchev–Trinajstić information content (AvgIpc) is 3.11. The van der Waals surface area contributed by atoms with Gasteiger partial charge in [-0.3, -0.25) is 18.7 Å². The van der Waals surface area contributed by atoms with Gasteiger partial charge in [0, 0.05) is 43.2 Å². The van der Waals surface area contributed by atoms with Gasteiger partial charge in [0.05, 0.1) is 18.6 Å². The fourth-order valence-electron chi connectivity index (χ4n) is 4.59. The first-order valence-electron chi connectivity index (χ1n) is 10.2. The summed E-state index contributed by atoms with van der Waals surface area (Å²) >= 11 is 0. The van der Waals surface area contributed by atoms with Crippen LogP contribution in [0.3, 0.4) is 0 Å². The van der Waals surface area contributed by atoms with E-state index in [4.69, 9.17) is 4.74 Å². The fourth-order valence-corrected chi connectivity index (χ4v) is 4.59. The molecule has 3 heterocycles. The molecule has 0 saturated heterocycles. The summed E-state index contributed by atoms with van der Waals surface area (Å²) in [5.41, 5.74) is 1.43. The number of benzene rings is 2. The van der Waals surface area contributed by atoms with E-state index in [1.54, 1.807) is 38.4 Å². The molecule has 1 aliphatic rings. The lowest BCUT2D eigenvalue weighted by Gasteiger charge is -2.28. The number of hydrogen-bond donors (Lipinski definition) is 1. The maximum absolute atomic E-state index is 13.9. The third kappa shape index (κ3) is 2.59. The molecule has 0 amide bonds. The number of nitrogens with one attached hydrogen (secondary N) is 1. The minimum absolute atomic E-state index is 0.219. The Kier molecular flexibility index (Phi) is 4.33. The van der Waals surface area contributed by atoms with Crippen LogP contribution in [0.15, 0.2) is 58.1 Å². The van der Waals surface area contributed by atoms with Crippen molar-refractivity contribution in [3.8, 4) is 5.75 Å². The van der Waals surface area contributed by atoms with Gasteiger partial charge < -0.3 is 14.6 Å². The van der Waals surface area contributed by atoms with Crippen LogP contribution in [0.1, 0.15) is 27.4 Å². The van der Waals surface area contributed by atoms with Gasteiger partial charge in [0.15, 0.2) is 5.78 Å². The molecule has 8 nitrogen and oxygen atoms in total. The van der Waals surface area contributed by atoms with Crippen LogP contribution in [0.25, 0.3) is 10.9 Å². The van der Waals surface area contributed by atoms with Crippen molar-refractivity contribution in [1.82, 2.24) is 13.7 Å². The van der Waals surface area contributed by atoms with E-state index in [1.807, 2.05) is 35.9 Å². The molecule has 8 heteroatoms. The second kappa shape index (κ2) is 6.98. The van der Waals surface area contributed by atoms with Crippen molar-refractivity contribution in [1.29, 1.82) is 0 Å². The van der Waals surface area contributed by atoms with Crippen molar-refractivity contribution in [2.45, 2.75) is 5.92 Å². The zero-order valence-electron chi connectivity index (χ0n) is 18.2. The molecule has 0 aliphatic carbocycles. The number of fused-ring (bicyclic) bond motifs is 4. The number of carbonyl (C=O) groups excluding carboxylic acids is 1. The molecule has 162 valence electrons. The van der Waals surface area contributed by atoms with Crippen molar-refractivity contribution in [2.75, 3.05) is 12.4 Å². The standard InChI is InChI=1S/C24H22N4O4/c1-26-16-8-6-5-7-15(16)17-18(20(29)13-9-11-14(32-4)12-10-13)19-22(25-21(17)26)27(2)24(31)28(3)23(19)30/h5-12,18,25H,1-4H3. The molecule has 5 rings (SSSR count). The number of aromatic nitrogens is 3. The molecule has 0 spiro atoms. The van der Waals surface area contributed by atoms with E-state index in [0.29, 0.717) is 22.9 Å². The average molecular weight is 430 g/mol. The summed E-state index contributed by atoms with van der Waals surface area (Å²) in [6.45, 7) is 0. The third-order valence-electron chi connectivity index (χ3n) is 6.30. The van der Waals surface area contributed by atoms with E-state index >= 15 is 0 Å². The molecule has 2 aromatic heterocycles. The maximum atomic E-state index is 13.9. The van der Waals surface area contributed by atoms with Crippen LogP contribution < -0.4 is 21.3 Å². The predicted molar refractivity (Wildman–Crippen MR) is 122 cm³/mol. The van der Waals surface area contributed by atoms with E-state index in [9.17, 15) is 14.4 Å². The molecule has 1 N–H and O–H groups in total. The van der Waals surface area contributed by atoms with E-state index in [2.05, 4.69) is 5.32 Å². The van der Waals surface area contributed by atoms with Gasteiger partial charge in [-0.2, -0.15) is 0 Å². The Bertz CT molecular complexity index is 1520. The predicted octanol–water partition coefficient (Wildman–Crippen LogP) is 2.66. The van der Waals surface area contributed by atoms with Crippen molar-refractivity contribution in [3.05, 3.63) is 86.1 Å². The largest absolute Gasteiger partial charge is 0.497 e. The van der Waals surface area contributed by atoms with E-state index in [-0.39, 0.29) is 11.3 Å². The van der Waals surface area contributed by atoms with E-state index < -0.39 is 17.2 Å². The highest BCUT2D eigenvalue weighted by atomic mass is 16.5. The zero-order valence-corrected chi connectivity index (χ0v) is 18.2. The van der Waals surface area contributed by atoms with Gasteiger partial charge in [-0.25, -0.2) is 4.79 Å². The molecule has 32 heavy (non-hydrogen) atoms. The second-order valence-corrected chi connectivity index (χ2v) is 7.96. The third-order valence-corrected chi connectivity index (χ3v) is 6.30. The van der Waals surface area contributed by atoms with E-state index in [0.717, 1.165) is 21.0 Å². The summed E-state index contributed by atoms with van der Waals surface area (Å²) < 4.78 is 9.59. The molecule has 1 unspecified atom stereocenters. The van der Waals surface area contributed by atoms with Crippen molar-refractivity contribution in [3.63, 3.8) is 0 Å². The van der Waals surface area contributed by atoms with Gasteiger partial charge in [0.25, 0.3) is 5.56 Å². The number of para-hydroxylation sites is 1. The van der Waals surface area contributed by atoms with Gasteiger partial charge in [0.2, 0.25) is 0 Å². The first kappa shape index (κ1) is 19.9. The molecule has 0 fully saturated rings. The normalized spacial score (nSPS) is 14.6. The highest BCUT2D eigenvalue weighted by molar-refractivity contribution is 6.09. The van der Waals surface area contributed by atoms with Crippen LogP contribution in [0.2, 0.25) is 0 Å². The number of anilines is 2. The lowest BCUT2D eigenvalue weighted by molar-refractivity contribution is 0.0973. The highest BCUT2D eigenvalue weighted by Gasteiger charge is 2.39. The van der Waals surface area contributed by atoms with Crippen LogP contribution >= 0.6 is 0 Å². The van der Waals surface area contributed by atoms with Crippen molar-refractivity contribution in [2.24, 2.45) is 21.1 Å². The number of ether oxygens (including phenoxy) is 1. The smallest absolute Gasteiger partial charge is 0.332 e. The number of nitrogens with zero attached hydrogens (tertiary/aromatic N) is 3. The molecule has 1 atom stereocenters. The zero-order chi connectivity index (χ0) is 22.7. The lowest BCUT2D eigenvalue weighted by Crippen LogP contribution is -2.43. The number of ketones is 1. The first-order valence-corrected chi connectivity index (χ1v) is 10.2. The molecule has 0 bridgehead atoms. The van der Waals surface area contributed by atoms with Gasteiger partial charge >= 0.3 is 5.69 Å². The van der Waals surface area contributed by atoms with Crippen LogP contribution in [0.4, 0.5) is 11.6 Å². The summed E-state index contributed by atoms with van der Waals surface area (Å²) in [6, 6.07) is 14.6. The van der Waals surface area contributed by atoms with Gasteiger partial charge in [-0.15, -0.1) is 0 Å². The molecule has 0 saturated carbocycles. The van der Waals surface area contributed by atoms with Crippen LogP contribution in [0, 0.1) is 0 Å². The number of aryl methyl sites for hydroxylation is 1. The lowest BCUT2D eigenvalue weighted by atomic mass is 9.82. The molecule has 4 aromatic rings. The molecular formula is C24H22N4O4. The summed E-state index contributed by atoms with van der Waals surface area (Å²) in [5.74, 6) is 0.573. The Morgan fingerprint density at radius 3 is 2.22 bits per heavy atom. The van der Waals surface area contributed by atoms with Crippen LogP contribution in [-0.4, -0.2) is 26.6 Å². The Balaban J connectivity index is 1.86. The number of methoxy groups -OCH3 is 1. The Hall–Kier alpha value is -4.07. The summed E-state index contributed by atoms with van der Waals surface area (Å²) in [7, 11) is 6.48. The molecule has 0 radical (unpaired) electrons. The monoisotopic (exact) mass is 430 g/mol. The number of rotatable bonds is 3. The van der Waals surface area contributed by atoms with Crippen molar-refractivity contribution < 1.29 is 9.53 Å². The minimum atomic E-state index is -0.869. The van der Waals surface area contributed by atoms with Gasteiger partial charge in [-0.05, 0) is 30.3 Å². The minimum Gasteiger partial charge on any atom is -0.497 e. The number of Topliss-reactive ketones (excluding diaryl/α,β-unsaturated/α-hetero) is 1. The Labute approximate surface area is 183 Å². The highest BCUT2D eigenvalue weighted by Crippen LogP contribution is 2.45. The van der Waals surface area contributed by atoms with Crippen LogP contribution in [-0.2, 0) is 21.1 Å². The number of hydrogen-bond acceptors (Lipinski definition) is 5. The summed E-state index contributed by atoms with van der Waals surface area (Å²) in [5, 5.41) is 4.15. The van der Waals surface area contributed by atoms with E-state index in [1.165, 1.54) is 11.6 Å². The fraction of sp³-hybridized carbons (Fsp3) is 0.208. The van der Waals surface area contributed by atoms with Crippen molar-refractivity contribution >= 4 is 28.3 Å². The maximum Gasteiger partial charge on any atom is 0.332 e. The Morgan fingerprint density at radius 2 is 1.53 bits per heavy atom. The first-order chi connectivity index (χ1) is 15.3. The summed E-state index contributed by atoms with van der Waals surface area (Å²) in [6.07, 6.45) is 0. The van der Waals surface area contributed by atoms with Gasteiger partial charge in [-0.1, -0.05) is 18.2 Å². The molecular weight excluding hydrogens is 408 g/mol. The van der Waals surface area contributed by atoms with Gasteiger partial charge in [0.1, 0.15) is 17.4 Å².